The predicted molar refractivity (Wildman–Crippen MR) is 124 cm³/mol. The molecule has 1 saturated heterocycles. The van der Waals surface area contributed by atoms with E-state index in [9.17, 15) is 18.0 Å². The Bertz CT molecular complexity index is 850. The van der Waals surface area contributed by atoms with Gasteiger partial charge in [0.15, 0.2) is 0 Å². The molecule has 0 saturated carbocycles. The Hall–Kier alpha value is -2.13. The molecule has 1 heterocycles. The lowest BCUT2D eigenvalue weighted by molar-refractivity contribution is 0.0643. The van der Waals surface area contributed by atoms with Gasteiger partial charge in [-0.15, -0.1) is 0 Å². The van der Waals surface area contributed by atoms with Gasteiger partial charge in [0, 0.05) is 42.5 Å². The third kappa shape index (κ3) is 6.67. The van der Waals surface area contributed by atoms with Crippen molar-refractivity contribution in [1.29, 1.82) is 0 Å². The molecule has 0 unspecified atom stereocenters. The van der Waals surface area contributed by atoms with Crippen molar-refractivity contribution in [3.05, 3.63) is 29.8 Å². The van der Waals surface area contributed by atoms with Gasteiger partial charge in [0.05, 0.1) is 5.25 Å². The fourth-order valence-electron chi connectivity index (χ4n) is 3.68. The molecule has 9 heteroatoms. The smallest absolute Gasteiger partial charge is 0.321 e. The van der Waals surface area contributed by atoms with Crippen LogP contribution in [0.2, 0.25) is 0 Å². The number of rotatable bonds is 7. The maximum absolute atomic E-state index is 12.8. The highest BCUT2D eigenvalue weighted by Crippen LogP contribution is 2.17. The van der Waals surface area contributed by atoms with E-state index in [0.717, 1.165) is 0 Å². The topological polar surface area (TPSA) is 98.8 Å². The zero-order valence-corrected chi connectivity index (χ0v) is 20.2. The lowest BCUT2D eigenvalue weighted by Gasteiger charge is -2.32. The second-order valence-corrected chi connectivity index (χ2v) is 11.1. The molecular formula is C22H36N4O4S. The highest BCUT2D eigenvalue weighted by atomic mass is 32.2. The highest BCUT2D eigenvalue weighted by Gasteiger charge is 2.27. The molecule has 3 amide bonds. The molecule has 1 aromatic carbocycles. The van der Waals surface area contributed by atoms with Crippen molar-refractivity contribution in [3.8, 4) is 0 Å². The van der Waals surface area contributed by atoms with Crippen LogP contribution in [0.1, 0.15) is 64.7 Å². The maximum atomic E-state index is 12.8. The van der Waals surface area contributed by atoms with Gasteiger partial charge in [-0.3, -0.25) is 4.79 Å². The van der Waals surface area contributed by atoms with Crippen molar-refractivity contribution >= 4 is 27.6 Å². The van der Waals surface area contributed by atoms with Gasteiger partial charge in [-0.05, 0) is 78.6 Å². The van der Waals surface area contributed by atoms with Gasteiger partial charge in [-0.1, -0.05) is 0 Å². The Morgan fingerprint density at radius 3 is 1.94 bits per heavy atom. The van der Waals surface area contributed by atoms with Crippen LogP contribution in [-0.2, 0) is 10.0 Å². The number of anilines is 1. The molecule has 0 bridgehead atoms. The van der Waals surface area contributed by atoms with Crippen molar-refractivity contribution in [2.75, 3.05) is 18.4 Å². The fourth-order valence-corrected chi connectivity index (χ4v) is 4.65. The standard InChI is InChI=1S/C22H36N4O4S/c1-15(2)26(16(3)4)21(27)18-7-9-19(10-8-18)23-22(28)25-13-11-20(12-14-25)24-31(29,30)17(5)6/h7-10,15-17,20,24H,11-14H2,1-6H3,(H,23,28). The first kappa shape index (κ1) is 25.1. The fraction of sp³-hybridized carbons (Fsp3) is 0.636. The zero-order chi connectivity index (χ0) is 23.3. The van der Waals surface area contributed by atoms with Crippen LogP contribution in [-0.4, -0.2) is 66.6 Å². The second kappa shape index (κ2) is 10.5. The molecule has 2 rings (SSSR count). The summed E-state index contributed by atoms with van der Waals surface area (Å²) in [6, 6.07) is 6.73. The number of likely N-dealkylation sites (tertiary alicyclic amines) is 1. The van der Waals surface area contributed by atoms with Gasteiger partial charge < -0.3 is 15.1 Å². The summed E-state index contributed by atoms with van der Waals surface area (Å²) in [5.41, 5.74) is 1.20. The SMILES string of the molecule is CC(C)N(C(=O)c1ccc(NC(=O)N2CCC(NS(=O)(=O)C(C)C)CC2)cc1)C(C)C. The minimum atomic E-state index is -3.31. The Morgan fingerprint density at radius 2 is 1.48 bits per heavy atom. The molecule has 1 aliphatic rings. The van der Waals surface area contributed by atoms with Crippen molar-refractivity contribution < 1.29 is 18.0 Å². The lowest BCUT2D eigenvalue weighted by atomic mass is 10.1. The molecule has 1 aliphatic heterocycles. The number of carbonyl (C=O) groups excluding carboxylic acids is 2. The van der Waals surface area contributed by atoms with Crippen LogP contribution in [0, 0.1) is 0 Å². The number of hydrogen-bond donors (Lipinski definition) is 2. The summed E-state index contributed by atoms with van der Waals surface area (Å²) in [5.74, 6) is -0.0335. The summed E-state index contributed by atoms with van der Waals surface area (Å²) in [6.07, 6.45) is 1.15. The lowest BCUT2D eigenvalue weighted by Crippen LogP contribution is -2.48. The van der Waals surface area contributed by atoms with Crippen LogP contribution in [0.25, 0.3) is 0 Å². The Labute approximate surface area is 186 Å². The zero-order valence-electron chi connectivity index (χ0n) is 19.4. The number of carbonyl (C=O) groups is 2. The van der Waals surface area contributed by atoms with Crippen LogP contribution in [0.3, 0.4) is 0 Å². The molecule has 174 valence electrons. The van der Waals surface area contributed by atoms with E-state index in [1.807, 2.05) is 32.6 Å². The van der Waals surface area contributed by atoms with Crippen molar-refractivity contribution in [2.45, 2.75) is 77.8 Å². The van der Waals surface area contributed by atoms with E-state index in [1.54, 1.807) is 43.0 Å². The first-order valence-corrected chi connectivity index (χ1v) is 12.5. The van der Waals surface area contributed by atoms with Crippen LogP contribution in [0.5, 0.6) is 0 Å². The average Bonchev–Trinajstić information content (AvgIpc) is 2.68. The molecule has 0 aromatic heterocycles. The summed E-state index contributed by atoms with van der Waals surface area (Å²) < 4.78 is 26.8. The number of amides is 3. The van der Waals surface area contributed by atoms with E-state index in [-0.39, 0.29) is 30.1 Å². The molecule has 1 fully saturated rings. The molecule has 0 spiro atoms. The molecule has 8 nitrogen and oxygen atoms in total. The van der Waals surface area contributed by atoms with E-state index in [2.05, 4.69) is 10.0 Å². The number of urea groups is 1. The summed E-state index contributed by atoms with van der Waals surface area (Å²) in [7, 11) is -3.31. The van der Waals surface area contributed by atoms with Crippen LogP contribution < -0.4 is 10.0 Å². The van der Waals surface area contributed by atoms with Gasteiger partial charge in [-0.25, -0.2) is 17.9 Å². The predicted octanol–water partition coefficient (Wildman–Crippen LogP) is 3.27. The van der Waals surface area contributed by atoms with E-state index in [4.69, 9.17) is 0 Å². The summed E-state index contributed by atoms with van der Waals surface area (Å²) in [5, 5.41) is 2.38. The number of benzene rings is 1. The van der Waals surface area contributed by atoms with E-state index in [0.29, 0.717) is 37.2 Å². The van der Waals surface area contributed by atoms with Crippen molar-refractivity contribution in [1.82, 2.24) is 14.5 Å². The molecule has 0 atom stereocenters. The number of nitrogens with zero attached hydrogens (tertiary/aromatic N) is 2. The molecule has 0 radical (unpaired) electrons. The summed E-state index contributed by atoms with van der Waals surface area (Å²) >= 11 is 0. The molecule has 2 N–H and O–H groups in total. The molecular weight excluding hydrogens is 416 g/mol. The second-order valence-electron chi connectivity index (χ2n) is 8.88. The van der Waals surface area contributed by atoms with Crippen LogP contribution in [0.15, 0.2) is 24.3 Å². The third-order valence-corrected chi connectivity index (χ3v) is 7.37. The Morgan fingerprint density at radius 1 is 0.968 bits per heavy atom. The normalized spacial score (nSPS) is 15.6. The average molecular weight is 453 g/mol. The van der Waals surface area contributed by atoms with E-state index < -0.39 is 15.3 Å². The first-order valence-electron chi connectivity index (χ1n) is 10.9. The number of sulfonamides is 1. The molecule has 1 aromatic rings. The van der Waals surface area contributed by atoms with E-state index >= 15 is 0 Å². The van der Waals surface area contributed by atoms with Gasteiger partial charge in [0.2, 0.25) is 10.0 Å². The maximum Gasteiger partial charge on any atom is 0.321 e. The number of piperidine rings is 1. The summed E-state index contributed by atoms with van der Waals surface area (Å²) in [6.45, 7) is 12.2. The third-order valence-electron chi connectivity index (χ3n) is 5.46. The number of nitrogens with one attached hydrogen (secondary N) is 2. The molecule has 31 heavy (non-hydrogen) atoms. The van der Waals surface area contributed by atoms with E-state index in [1.165, 1.54) is 0 Å². The Kier molecular flexibility index (Phi) is 8.48. The van der Waals surface area contributed by atoms with Gasteiger partial charge >= 0.3 is 6.03 Å². The van der Waals surface area contributed by atoms with Gasteiger partial charge in [0.1, 0.15) is 0 Å². The van der Waals surface area contributed by atoms with Gasteiger partial charge in [-0.2, -0.15) is 0 Å². The first-order chi connectivity index (χ1) is 14.4. The number of hydrogen-bond acceptors (Lipinski definition) is 4. The summed E-state index contributed by atoms with van der Waals surface area (Å²) in [4.78, 5) is 28.8. The highest BCUT2D eigenvalue weighted by molar-refractivity contribution is 7.90. The largest absolute Gasteiger partial charge is 0.334 e. The van der Waals surface area contributed by atoms with Crippen LogP contribution in [0.4, 0.5) is 10.5 Å². The van der Waals surface area contributed by atoms with Crippen molar-refractivity contribution in [3.63, 3.8) is 0 Å². The molecule has 0 aliphatic carbocycles. The van der Waals surface area contributed by atoms with Gasteiger partial charge in [0.25, 0.3) is 5.91 Å². The van der Waals surface area contributed by atoms with Crippen molar-refractivity contribution in [2.24, 2.45) is 0 Å². The quantitative estimate of drug-likeness (QED) is 0.663. The monoisotopic (exact) mass is 452 g/mol. The minimum Gasteiger partial charge on any atom is -0.334 e. The minimum absolute atomic E-state index is 0.0335. The van der Waals surface area contributed by atoms with Crippen LogP contribution >= 0.6 is 0 Å². The Balaban J connectivity index is 1.91.